The zero-order valence-electron chi connectivity index (χ0n) is 12.6. The lowest BCUT2D eigenvalue weighted by Crippen LogP contribution is -2.50. The Bertz CT molecular complexity index is 406. The monoisotopic (exact) mass is 281 g/mol. The Balaban J connectivity index is 2.06. The third kappa shape index (κ3) is 3.37. The first-order valence-corrected chi connectivity index (χ1v) is 8.09. The quantitative estimate of drug-likeness (QED) is 0.920. The minimum atomic E-state index is 0.402. The second kappa shape index (κ2) is 6.35. The van der Waals surface area contributed by atoms with Crippen LogP contribution in [-0.2, 0) is 0 Å². The lowest BCUT2D eigenvalue weighted by molar-refractivity contribution is 0.0802. The van der Waals surface area contributed by atoms with E-state index >= 15 is 0 Å². The second-order valence-corrected chi connectivity index (χ2v) is 7.25. The number of thiophene rings is 1. The molecule has 1 saturated heterocycles. The number of hydrogen-bond acceptors (Lipinski definition) is 4. The first-order valence-electron chi connectivity index (χ1n) is 7.28. The van der Waals surface area contributed by atoms with Crippen molar-refractivity contribution < 1.29 is 0 Å². The van der Waals surface area contributed by atoms with Crippen LogP contribution >= 0.6 is 11.3 Å². The van der Waals surface area contributed by atoms with Crippen LogP contribution in [0.3, 0.4) is 0 Å². The van der Waals surface area contributed by atoms with Crippen LogP contribution in [0.1, 0.15) is 35.2 Å². The van der Waals surface area contributed by atoms with Crippen molar-refractivity contribution >= 4 is 11.3 Å². The Kier molecular flexibility index (Phi) is 5.01. The molecule has 108 valence electrons. The Morgan fingerprint density at radius 2 is 1.74 bits per heavy atom. The molecule has 1 fully saturated rings. The molecule has 2 heterocycles. The van der Waals surface area contributed by atoms with Gasteiger partial charge in [0, 0.05) is 54.6 Å². The van der Waals surface area contributed by atoms with E-state index in [0.717, 1.165) is 32.7 Å². The fourth-order valence-electron chi connectivity index (χ4n) is 3.02. The molecule has 0 bridgehead atoms. The summed E-state index contributed by atoms with van der Waals surface area (Å²) in [6, 6.07) is 3.38. The van der Waals surface area contributed by atoms with Crippen molar-refractivity contribution in [3.8, 4) is 0 Å². The van der Waals surface area contributed by atoms with E-state index in [1.165, 1.54) is 15.3 Å². The highest BCUT2D eigenvalue weighted by atomic mass is 32.1. The molecule has 0 amide bonds. The van der Waals surface area contributed by atoms with Gasteiger partial charge < -0.3 is 5.73 Å². The summed E-state index contributed by atoms with van der Waals surface area (Å²) < 4.78 is 0. The van der Waals surface area contributed by atoms with E-state index in [1.807, 2.05) is 11.3 Å². The Morgan fingerprint density at radius 3 is 2.16 bits per heavy atom. The summed E-state index contributed by atoms with van der Waals surface area (Å²) in [5.41, 5.74) is 7.50. The number of aryl methyl sites for hydroxylation is 2. The van der Waals surface area contributed by atoms with Crippen LogP contribution in [0.15, 0.2) is 6.07 Å². The van der Waals surface area contributed by atoms with E-state index in [2.05, 4.69) is 43.6 Å². The van der Waals surface area contributed by atoms with Gasteiger partial charge in [0.2, 0.25) is 0 Å². The van der Waals surface area contributed by atoms with Crippen LogP contribution in [-0.4, -0.2) is 48.6 Å². The Labute approximate surface area is 121 Å². The van der Waals surface area contributed by atoms with Gasteiger partial charge in [0.25, 0.3) is 0 Å². The predicted octanol–water partition coefficient (Wildman–Crippen LogP) is 2.39. The van der Waals surface area contributed by atoms with Gasteiger partial charge in [-0.25, -0.2) is 0 Å². The molecule has 3 nitrogen and oxygen atoms in total. The van der Waals surface area contributed by atoms with Gasteiger partial charge >= 0.3 is 0 Å². The fourth-order valence-corrected chi connectivity index (χ4v) is 4.00. The largest absolute Gasteiger partial charge is 0.329 e. The minimum Gasteiger partial charge on any atom is -0.329 e. The average Bonchev–Trinajstić information content (AvgIpc) is 2.70. The number of piperazine rings is 1. The van der Waals surface area contributed by atoms with E-state index in [0.29, 0.717) is 12.1 Å². The molecule has 0 saturated carbocycles. The molecule has 4 heteroatoms. The van der Waals surface area contributed by atoms with Crippen LogP contribution in [0.2, 0.25) is 0 Å². The highest BCUT2D eigenvalue weighted by Crippen LogP contribution is 2.30. The molecule has 19 heavy (non-hydrogen) atoms. The molecule has 1 aliphatic heterocycles. The third-order valence-electron chi connectivity index (χ3n) is 4.18. The SMILES string of the molecule is Cc1cc(C(CN)N2CCN(C(C)C)CC2)c(C)s1. The maximum atomic E-state index is 6.06. The number of nitrogens with two attached hydrogens (primary N) is 1. The number of hydrogen-bond donors (Lipinski definition) is 1. The van der Waals surface area contributed by atoms with Crippen molar-refractivity contribution in [2.24, 2.45) is 5.73 Å². The minimum absolute atomic E-state index is 0.402. The summed E-state index contributed by atoms with van der Waals surface area (Å²) in [6.07, 6.45) is 0. The molecular weight excluding hydrogens is 254 g/mol. The van der Waals surface area contributed by atoms with Crippen LogP contribution in [0, 0.1) is 13.8 Å². The maximum Gasteiger partial charge on any atom is 0.0482 e. The Morgan fingerprint density at radius 1 is 1.16 bits per heavy atom. The van der Waals surface area contributed by atoms with Crippen molar-refractivity contribution in [1.82, 2.24) is 9.80 Å². The third-order valence-corrected chi connectivity index (χ3v) is 5.16. The second-order valence-electron chi connectivity index (χ2n) is 5.79. The first kappa shape index (κ1) is 15.0. The molecule has 2 N–H and O–H groups in total. The van der Waals surface area contributed by atoms with E-state index in [-0.39, 0.29) is 0 Å². The molecule has 1 aliphatic rings. The van der Waals surface area contributed by atoms with Gasteiger partial charge in [0.05, 0.1) is 0 Å². The molecule has 0 aliphatic carbocycles. The van der Waals surface area contributed by atoms with Gasteiger partial charge in [-0.15, -0.1) is 11.3 Å². The summed E-state index contributed by atoms with van der Waals surface area (Å²) in [4.78, 5) is 7.94. The van der Waals surface area contributed by atoms with Gasteiger partial charge in [-0.05, 0) is 39.3 Å². The molecule has 1 atom stereocenters. The zero-order valence-corrected chi connectivity index (χ0v) is 13.5. The van der Waals surface area contributed by atoms with Crippen molar-refractivity contribution in [2.45, 2.75) is 39.8 Å². The standard InChI is InChI=1S/C15H27N3S/c1-11(2)17-5-7-18(8-6-17)15(10-16)14-9-12(3)19-13(14)4/h9,11,15H,5-8,10,16H2,1-4H3. The summed E-state index contributed by atoms with van der Waals surface area (Å²) in [5, 5.41) is 0. The zero-order chi connectivity index (χ0) is 14.0. The molecule has 1 aromatic heterocycles. The smallest absolute Gasteiger partial charge is 0.0482 e. The average molecular weight is 281 g/mol. The molecule has 0 spiro atoms. The summed E-state index contributed by atoms with van der Waals surface area (Å²) >= 11 is 1.89. The van der Waals surface area contributed by atoms with Crippen LogP contribution in [0.4, 0.5) is 0 Å². The molecule has 1 aromatic rings. The van der Waals surface area contributed by atoms with Gasteiger partial charge in [0.1, 0.15) is 0 Å². The van der Waals surface area contributed by atoms with Gasteiger partial charge in [-0.1, -0.05) is 0 Å². The van der Waals surface area contributed by atoms with Gasteiger partial charge in [-0.2, -0.15) is 0 Å². The van der Waals surface area contributed by atoms with Gasteiger partial charge in [0.15, 0.2) is 0 Å². The van der Waals surface area contributed by atoms with E-state index in [1.54, 1.807) is 0 Å². The highest BCUT2D eigenvalue weighted by molar-refractivity contribution is 7.12. The number of rotatable bonds is 4. The van der Waals surface area contributed by atoms with Crippen molar-refractivity contribution in [3.63, 3.8) is 0 Å². The summed E-state index contributed by atoms with van der Waals surface area (Å²) in [5.74, 6) is 0. The van der Waals surface area contributed by atoms with Crippen LogP contribution in [0.25, 0.3) is 0 Å². The molecule has 1 unspecified atom stereocenters. The predicted molar refractivity (Wildman–Crippen MR) is 83.9 cm³/mol. The molecule has 0 radical (unpaired) electrons. The van der Waals surface area contributed by atoms with Crippen molar-refractivity contribution in [2.75, 3.05) is 32.7 Å². The first-order chi connectivity index (χ1) is 9.02. The number of nitrogens with zero attached hydrogens (tertiary/aromatic N) is 2. The molecular formula is C15H27N3S. The lowest BCUT2D eigenvalue weighted by Gasteiger charge is -2.40. The van der Waals surface area contributed by atoms with E-state index in [4.69, 9.17) is 5.73 Å². The molecule has 0 aromatic carbocycles. The maximum absolute atomic E-state index is 6.06. The van der Waals surface area contributed by atoms with Crippen molar-refractivity contribution in [1.29, 1.82) is 0 Å². The summed E-state index contributed by atoms with van der Waals surface area (Å²) in [6.45, 7) is 14.3. The van der Waals surface area contributed by atoms with E-state index in [9.17, 15) is 0 Å². The van der Waals surface area contributed by atoms with Crippen molar-refractivity contribution in [3.05, 3.63) is 21.4 Å². The molecule has 2 rings (SSSR count). The topological polar surface area (TPSA) is 32.5 Å². The summed E-state index contributed by atoms with van der Waals surface area (Å²) in [7, 11) is 0. The van der Waals surface area contributed by atoms with Gasteiger partial charge in [-0.3, -0.25) is 9.80 Å². The van der Waals surface area contributed by atoms with E-state index < -0.39 is 0 Å². The highest BCUT2D eigenvalue weighted by Gasteiger charge is 2.26. The van der Waals surface area contributed by atoms with Crippen LogP contribution in [0.5, 0.6) is 0 Å². The lowest BCUT2D eigenvalue weighted by atomic mass is 10.0. The normalized spacial score (nSPS) is 20.1. The fraction of sp³-hybridized carbons (Fsp3) is 0.733. The Hall–Kier alpha value is -0.420. The van der Waals surface area contributed by atoms with Crippen LogP contribution < -0.4 is 5.73 Å².